The number of amides is 1. The largest absolute Gasteiger partial charge is 0.465 e. The summed E-state index contributed by atoms with van der Waals surface area (Å²) < 4.78 is 5.56. The van der Waals surface area contributed by atoms with Crippen molar-refractivity contribution >= 4 is 5.91 Å². The first-order valence-electron chi connectivity index (χ1n) is 6.14. The molecule has 0 spiro atoms. The summed E-state index contributed by atoms with van der Waals surface area (Å²) in [6, 6.07) is 3.74. The summed E-state index contributed by atoms with van der Waals surface area (Å²) in [5, 5.41) is 3.17. The summed E-state index contributed by atoms with van der Waals surface area (Å²) in [5.74, 6) is 1.96. The third kappa shape index (κ3) is 3.89. The van der Waals surface area contributed by atoms with Gasteiger partial charge in [-0.3, -0.25) is 10.1 Å². The smallest absolute Gasteiger partial charge is 0.239 e. The molecule has 1 aromatic heterocycles. The Labute approximate surface area is 103 Å². The number of nitrogens with zero attached hydrogens (tertiary/aromatic N) is 1. The highest BCUT2D eigenvalue weighted by molar-refractivity contribution is 5.81. The molecule has 0 aliphatic heterocycles. The van der Waals surface area contributed by atoms with E-state index in [1.54, 1.807) is 4.90 Å². The summed E-state index contributed by atoms with van der Waals surface area (Å²) in [6.07, 6.45) is 0.896. The molecule has 0 saturated carbocycles. The topological polar surface area (TPSA) is 45.5 Å². The van der Waals surface area contributed by atoms with Crippen LogP contribution in [0.25, 0.3) is 0 Å². The van der Waals surface area contributed by atoms with Crippen molar-refractivity contribution in [1.29, 1.82) is 0 Å². The molecule has 1 N–H and O–H groups in total. The lowest BCUT2D eigenvalue weighted by Gasteiger charge is -2.20. The van der Waals surface area contributed by atoms with Gasteiger partial charge in [0.15, 0.2) is 0 Å². The van der Waals surface area contributed by atoms with Gasteiger partial charge in [0, 0.05) is 20.0 Å². The van der Waals surface area contributed by atoms with E-state index in [4.69, 9.17) is 4.42 Å². The molecule has 1 rings (SSSR count). The Bertz CT molecular complexity index is 360. The van der Waals surface area contributed by atoms with E-state index in [1.807, 2.05) is 33.0 Å². The van der Waals surface area contributed by atoms with Crippen molar-refractivity contribution in [3.8, 4) is 0 Å². The van der Waals surface area contributed by atoms with Gasteiger partial charge in [-0.15, -0.1) is 0 Å². The quantitative estimate of drug-likeness (QED) is 0.822. The SMILES string of the molecule is CCc1ccc(CNC(C)C(=O)N(C)CC)o1. The number of hydrogen-bond donors (Lipinski definition) is 1. The monoisotopic (exact) mass is 238 g/mol. The van der Waals surface area contributed by atoms with Gasteiger partial charge in [-0.1, -0.05) is 6.92 Å². The number of carbonyl (C=O) groups is 1. The number of aryl methyl sites for hydroxylation is 1. The van der Waals surface area contributed by atoms with Gasteiger partial charge in [-0.05, 0) is 26.0 Å². The average Bonchev–Trinajstić information content (AvgIpc) is 2.81. The second-order valence-electron chi connectivity index (χ2n) is 4.18. The van der Waals surface area contributed by atoms with Crippen molar-refractivity contribution < 1.29 is 9.21 Å². The lowest BCUT2D eigenvalue weighted by Crippen LogP contribution is -2.42. The van der Waals surface area contributed by atoms with Gasteiger partial charge in [-0.2, -0.15) is 0 Å². The zero-order valence-electron chi connectivity index (χ0n) is 11.1. The highest BCUT2D eigenvalue weighted by Gasteiger charge is 2.15. The predicted molar refractivity (Wildman–Crippen MR) is 67.7 cm³/mol. The number of hydrogen-bond acceptors (Lipinski definition) is 3. The Balaban J connectivity index is 2.42. The molecule has 0 bridgehead atoms. The second kappa shape index (κ2) is 6.45. The van der Waals surface area contributed by atoms with Crippen molar-refractivity contribution in [2.24, 2.45) is 0 Å². The molecule has 0 aromatic carbocycles. The molecule has 1 aromatic rings. The van der Waals surface area contributed by atoms with E-state index in [0.29, 0.717) is 6.54 Å². The number of furan rings is 1. The molecule has 1 atom stereocenters. The summed E-state index contributed by atoms with van der Waals surface area (Å²) in [7, 11) is 1.81. The number of nitrogens with one attached hydrogen (secondary N) is 1. The number of likely N-dealkylation sites (N-methyl/N-ethyl adjacent to an activating group) is 1. The normalized spacial score (nSPS) is 12.5. The van der Waals surface area contributed by atoms with Gasteiger partial charge in [0.2, 0.25) is 5.91 Å². The van der Waals surface area contributed by atoms with Crippen molar-refractivity contribution in [2.45, 2.75) is 39.8 Å². The van der Waals surface area contributed by atoms with Gasteiger partial charge in [0.05, 0.1) is 12.6 Å². The maximum Gasteiger partial charge on any atom is 0.239 e. The van der Waals surface area contributed by atoms with E-state index in [1.165, 1.54) is 0 Å². The molecule has 0 fully saturated rings. The highest BCUT2D eigenvalue weighted by atomic mass is 16.3. The lowest BCUT2D eigenvalue weighted by molar-refractivity contribution is -0.131. The van der Waals surface area contributed by atoms with Crippen molar-refractivity contribution in [3.05, 3.63) is 23.7 Å². The summed E-state index contributed by atoms with van der Waals surface area (Å²) in [6.45, 7) is 7.21. The fourth-order valence-corrected chi connectivity index (χ4v) is 1.53. The van der Waals surface area contributed by atoms with Gasteiger partial charge in [0.1, 0.15) is 11.5 Å². The van der Waals surface area contributed by atoms with Gasteiger partial charge in [0.25, 0.3) is 0 Å². The van der Waals surface area contributed by atoms with E-state index in [0.717, 1.165) is 24.5 Å². The predicted octanol–water partition coefficient (Wildman–Crippen LogP) is 1.80. The van der Waals surface area contributed by atoms with Crippen molar-refractivity contribution in [3.63, 3.8) is 0 Å². The Morgan fingerprint density at radius 3 is 2.59 bits per heavy atom. The molecule has 1 heterocycles. The van der Waals surface area contributed by atoms with E-state index >= 15 is 0 Å². The van der Waals surface area contributed by atoms with Crippen LogP contribution >= 0.6 is 0 Å². The van der Waals surface area contributed by atoms with Crippen molar-refractivity contribution in [1.82, 2.24) is 10.2 Å². The van der Waals surface area contributed by atoms with Crippen LogP contribution < -0.4 is 5.32 Å². The average molecular weight is 238 g/mol. The zero-order chi connectivity index (χ0) is 12.8. The first-order valence-corrected chi connectivity index (χ1v) is 6.14. The van der Waals surface area contributed by atoms with Crippen LogP contribution in [-0.2, 0) is 17.8 Å². The van der Waals surface area contributed by atoms with Crippen LogP contribution in [0.15, 0.2) is 16.5 Å². The zero-order valence-corrected chi connectivity index (χ0v) is 11.1. The summed E-state index contributed by atoms with van der Waals surface area (Å²) in [4.78, 5) is 13.5. The van der Waals surface area contributed by atoms with E-state index < -0.39 is 0 Å². The van der Waals surface area contributed by atoms with Crippen LogP contribution in [0.1, 0.15) is 32.3 Å². The van der Waals surface area contributed by atoms with Gasteiger partial charge < -0.3 is 9.32 Å². The molecule has 0 aliphatic carbocycles. The third-order valence-electron chi connectivity index (χ3n) is 2.87. The molecule has 1 unspecified atom stereocenters. The van der Waals surface area contributed by atoms with Crippen LogP contribution in [0.3, 0.4) is 0 Å². The molecule has 4 nitrogen and oxygen atoms in total. The van der Waals surface area contributed by atoms with E-state index in [-0.39, 0.29) is 11.9 Å². The van der Waals surface area contributed by atoms with Gasteiger partial charge >= 0.3 is 0 Å². The highest BCUT2D eigenvalue weighted by Crippen LogP contribution is 2.08. The molecule has 0 radical (unpaired) electrons. The minimum atomic E-state index is -0.185. The molecule has 96 valence electrons. The second-order valence-corrected chi connectivity index (χ2v) is 4.18. The Morgan fingerprint density at radius 2 is 2.06 bits per heavy atom. The minimum absolute atomic E-state index is 0.106. The Hall–Kier alpha value is -1.29. The molecular formula is C13H22N2O2. The number of carbonyl (C=O) groups excluding carboxylic acids is 1. The molecule has 4 heteroatoms. The maximum absolute atomic E-state index is 11.8. The molecule has 17 heavy (non-hydrogen) atoms. The summed E-state index contributed by atoms with van der Waals surface area (Å²) >= 11 is 0. The maximum atomic E-state index is 11.8. The minimum Gasteiger partial charge on any atom is -0.465 e. The molecule has 0 aliphatic rings. The van der Waals surface area contributed by atoms with Gasteiger partial charge in [-0.25, -0.2) is 0 Å². The van der Waals surface area contributed by atoms with Crippen LogP contribution in [0.2, 0.25) is 0 Å². The molecule has 0 saturated heterocycles. The number of rotatable bonds is 6. The first-order chi connectivity index (χ1) is 8.08. The third-order valence-corrected chi connectivity index (χ3v) is 2.87. The Morgan fingerprint density at radius 1 is 1.41 bits per heavy atom. The molecule has 1 amide bonds. The summed E-state index contributed by atoms with van der Waals surface area (Å²) in [5.41, 5.74) is 0. The van der Waals surface area contributed by atoms with Crippen LogP contribution in [0.4, 0.5) is 0 Å². The van der Waals surface area contributed by atoms with Crippen molar-refractivity contribution in [2.75, 3.05) is 13.6 Å². The van der Waals surface area contributed by atoms with Crippen LogP contribution in [0, 0.1) is 0 Å². The Kier molecular flexibility index (Phi) is 5.22. The fraction of sp³-hybridized carbons (Fsp3) is 0.615. The standard InChI is InChI=1S/C13H22N2O2/c1-5-11-7-8-12(17-11)9-14-10(3)13(16)15(4)6-2/h7-8,10,14H,5-6,9H2,1-4H3. The lowest BCUT2D eigenvalue weighted by atomic mass is 10.3. The van der Waals surface area contributed by atoms with Crippen LogP contribution in [0.5, 0.6) is 0 Å². The van der Waals surface area contributed by atoms with E-state index in [2.05, 4.69) is 12.2 Å². The first kappa shape index (κ1) is 13.8. The fourth-order valence-electron chi connectivity index (χ4n) is 1.53. The van der Waals surface area contributed by atoms with E-state index in [9.17, 15) is 4.79 Å². The van der Waals surface area contributed by atoms with Crippen LogP contribution in [-0.4, -0.2) is 30.4 Å². The molecular weight excluding hydrogens is 216 g/mol.